The molecule has 0 aliphatic heterocycles. The molecule has 2 aromatic rings. The first-order valence-electron chi connectivity index (χ1n) is 6.41. The molecule has 0 spiro atoms. The maximum Gasteiger partial charge on any atom is 0.288 e. The van der Waals surface area contributed by atoms with Gasteiger partial charge in [-0.25, -0.2) is 13.4 Å². The van der Waals surface area contributed by atoms with Gasteiger partial charge >= 0.3 is 0 Å². The lowest BCUT2D eigenvalue weighted by Gasteiger charge is -2.07. The fourth-order valence-electron chi connectivity index (χ4n) is 1.90. The molecule has 1 aromatic heterocycles. The summed E-state index contributed by atoms with van der Waals surface area (Å²) in [6.07, 6.45) is 3.45. The van der Waals surface area contributed by atoms with Crippen molar-refractivity contribution in [1.29, 1.82) is 0 Å². The fraction of sp³-hybridized carbons (Fsp3) is 0.308. The number of aryl methyl sites for hydroxylation is 1. The van der Waals surface area contributed by atoms with Crippen LogP contribution in [0.3, 0.4) is 0 Å². The smallest absolute Gasteiger partial charge is 0.288 e. The largest absolute Gasteiger partial charge is 0.385 e. The van der Waals surface area contributed by atoms with Crippen LogP contribution >= 0.6 is 11.3 Å². The molecule has 0 aliphatic rings. The molecule has 0 amide bonds. The molecule has 0 radical (unpaired) electrons. The summed E-state index contributed by atoms with van der Waals surface area (Å²) in [7, 11) is -3.67. The van der Waals surface area contributed by atoms with Crippen LogP contribution in [0.5, 0.6) is 0 Å². The van der Waals surface area contributed by atoms with Crippen molar-refractivity contribution in [3.63, 3.8) is 0 Å². The number of thiazole rings is 1. The molecule has 22 heavy (non-hydrogen) atoms. The number of nitro benzene ring substituents is 1. The quantitative estimate of drug-likeness (QED) is 0.639. The van der Waals surface area contributed by atoms with E-state index in [1.54, 1.807) is 17.5 Å². The lowest BCUT2D eigenvalue weighted by molar-refractivity contribution is -0.387. The topological polar surface area (TPSA) is 102 Å². The van der Waals surface area contributed by atoms with E-state index in [0.717, 1.165) is 16.1 Å². The van der Waals surface area contributed by atoms with E-state index in [9.17, 15) is 18.5 Å². The molecule has 1 N–H and O–H groups in total. The Morgan fingerprint density at radius 1 is 1.41 bits per heavy atom. The molecule has 118 valence electrons. The number of sulfone groups is 1. The highest BCUT2D eigenvalue weighted by Gasteiger charge is 2.22. The molecule has 7 nitrogen and oxygen atoms in total. The number of benzene rings is 1. The van der Waals surface area contributed by atoms with Crippen molar-refractivity contribution >= 4 is 32.5 Å². The Morgan fingerprint density at radius 2 is 2.14 bits per heavy atom. The van der Waals surface area contributed by atoms with Crippen molar-refractivity contribution in [2.45, 2.75) is 18.2 Å². The predicted octanol–water partition coefficient (Wildman–Crippen LogP) is 2.42. The van der Waals surface area contributed by atoms with Crippen molar-refractivity contribution in [2.75, 3.05) is 18.1 Å². The fourth-order valence-corrected chi connectivity index (χ4v) is 3.55. The van der Waals surface area contributed by atoms with Crippen LogP contribution < -0.4 is 5.32 Å². The van der Waals surface area contributed by atoms with Gasteiger partial charge in [0.25, 0.3) is 5.69 Å². The Balaban J connectivity index is 2.13. The second kappa shape index (κ2) is 6.41. The monoisotopic (exact) mass is 341 g/mol. The maximum absolute atomic E-state index is 11.7. The van der Waals surface area contributed by atoms with E-state index < -0.39 is 20.4 Å². The van der Waals surface area contributed by atoms with Gasteiger partial charge in [-0.1, -0.05) is 0 Å². The molecule has 1 aromatic carbocycles. The van der Waals surface area contributed by atoms with Gasteiger partial charge in [-0.2, -0.15) is 0 Å². The zero-order valence-electron chi connectivity index (χ0n) is 12.1. The molecule has 0 aliphatic carbocycles. The number of hydrogen-bond donors (Lipinski definition) is 1. The Labute approximate surface area is 132 Å². The van der Waals surface area contributed by atoms with Crippen LogP contribution in [0.1, 0.15) is 9.88 Å². The molecule has 2 rings (SSSR count). The normalized spacial score (nSPS) is 11.4. The molecular formula is C13H15N3O4S2. The van der Waals surface area contributed by atoms with E-state index >= 15 is 0 Å². The van der Waals surface area contributed by atoms with Crippen LogP contribution in [0.4, 0.5) is 11.4 Å². The van der Waals surface area contributed by atoms with E-state index in [-0.39, 0.29) is 4.90 Å². The standard InChI is InChI=1S/C13H15N3O4S2/c1-9-8-15-13(21-9)5-6-14-10-3-4-11(16(17)18)12(7-10)22(2,19)20/h3-4,7-8,14H,5-6H2,1-2H3. The van der Waals surface area contributed by atoms with Crippen molar-refractivity contribution in [3.05, 3.63) is 44.4 Å². The van der Waals surface area contributed by atoms with Crippen molar-refractivity contribution in [3.8, 4) is 0 Å². The molecule has 1 heterocycles. The number of nitrogens with one attached hydrogen (secondary N) is 1. The van der Waals surface area contributed by atoms with E-state index in [4.69, 9.17) is 0 Å². The van der Waals surface area contributed by atoms with Gasteiger partial charge in [0.2, 0.25) is 0 Å². The number of rotatable bonds is 6. The summed E-state index contributed by atoms with van der Waals surface area (Å²) >= 11 is 1.60. The summed E-state index contributed by atoms with van der Waals surface area (Å²) in [6.45, 7) is 2.54. The molecule has 0 saturated heterocycles. The zero-order chi connectivity index (χ0) is 16.3. The minimum Gasteiger partial charge on any atom is -0.385 e. The van der Waals surface area contributed by atoms with Gasteiger partial charge in [0.05, 0.1) is 9.93 Å². The van der Waals surface area contributed by atoms with Crippen molar-refractivity contribution < 1.29 is 13.3 Å². The molecule has 0 fully saturated rings. The van der Waals surface area contributed by atoms with Gasteiger partial charge in [0.15, 0.2) is 9.84 Å². The lowest BCUT2D eigenvalue weighted by Crippen LogP contribution is -2.07. The molecule has 0 unspecified atom stereocenters. The summed E-state index contributed by atoms with van der Waals surface area (Å²) in [5, 5.41) is 14.9. The van der Waals surface area contributed by atoms with Crippen LogP contribution in [0, 0.1) is 17.0 Å². The SMILES string of the molecule is Cc1cnc(CCNc2ccc([N+](=O)[O-])c(S(C)(=O)=O)c2)s1. The van der Waals surface area contributed by atoms with Gasteiger partial charge in [-0.05, 0) is 19.1 Å². The van der Waals surface area contributed by atoms with E-state index in [1.807, 2.05) is 6.92 Å². The molecule has 0 bridgehead atoms. The third-order valence-electron chi connectivity index (χ3n) is 2.89. The van der Waals surface area contributed by atoms with Crippen LogP contribution in [0.2, 0.25) is 0 Å². The first-order valence-corrected chi connectivity index (χ1v) is 9.12. The average molecular weight is 341 g/mol. The Bertz CT molecular complexity index is 799. The van der Waals surface area contributed by atoms with E-state index in [0.29, 0.717) is 18.7 Å². The highest BCUT2D eigenvalue weighted by molar-refractivity contribution is 7.90. The number of nitro groups is 1. The van der Waals surface area contributed by atoms with Gasteiger partial charge in [-0.3, -0.25) is 10.1 Å². The second-order valence-corrected chi connectivity index (χ2v) is 8.06. The lowest BCUT2D eigenvalue weighted by atomic mass is 10.2. The van der Waals surface area contributed by atoms with Crippen LogP contribution in [-0.2, 0) is 16.3 Å². The molecular weight excluding hydrogens is 326 g/mol. The van der Waals surface area contributed by atoms with Gasteiger partial charge in [-0.15, -0.1) is 11.3 Å². The number of anilines is 1. The highest BCUT2D eigenvalue weighted by Crippen LogP contribution is 2.27. The number of hydrogen-bond acceptors (Lipinski definition) is 7. The molecule has 0 atom stereocenters. The number of nitrogens with zero attached hydrogens (tertiary/aromatic N) is 2. The van der Waals surface area contributed by atoms with Crippen LogP contribution in [0.25, 0.3) is 0 Å². The minimum atomic E-state index is -3.67. The van der Waals surface area contributed by atoms with Crippen molar-refractivity contribution in [1.82, 2.24) is 4.98 Å². The van der Waals surface area contributed by atoms with Crippen LogP contribution in [0.15, 0.2) is 29.3 Å². The third kappa shape index (κ3) is 4.01. The minimum absolute atomic E-state index is 0.285. The predicted molar refractivity (Wildman–Crippen MR) is 85.3 cm³/mol. The Hall–Kier alpha value is -2.00. The second-order valence-electron chi connectivity index (χ2n) is 4.75. The van der Waals surface area contributed by atoms with E-state index in [1.165, 1.54) is 18.2 Å². The molecule has 0 saturated carbocycles. The third-order valence-corrected chi connectivity index (χ3v) is 4.99. The summed E-state index contributed by atoms with van der Waals surface area (Å²) < 4.78 is 23.3. The van der Waals surface area contributed by atoms with Crippen LogP contribution in [-0.4, -0.2) is 31.1 Å². The number of aromatic nitrogens is 1. The Morgan fingerprint density at radius 3 is 2.68 bits per heavy atom. The van der Waals surface area contributed by atoms with Gasteiger partial charge in [0, 0.05) is 42.0 Å². The first-order chi connectivity index (χ1) is 10.3. The first kappa shape index (κ1) is 16.4. The maximum atomic E-state index is 11.7. The summed E-state index contributed by atoms with van der Waals surface area (Å²) in [5.74, 6) is 0. The average Bonchev–Trinajstić information content (AvgIpc) is 2.83. The van der Waals surface area contributed by atoms with Crippen molar-refractivity contribution in [2.24, 2.45) is 0 Å². The zero-order valence-corrected chi connectivity index (χ0v) is 13.7. The van der Waals surface area contributed by atoms with E-state index in [2.05, 4.69) is 10.3 Å². The van der Waals surface area contributed by atoms with Gasteiger partial charge < -0.3 is 5.32 Å². The molecule has 9 heteroatoms. The summed E-state index contributed by atoms with van der Waals surface area (Å²) in [6, 6.07) is 3.99. The Kier molecular flexibility index (Phi) is 4.77. The highest BCUT2D eigenvalue weighted by atomic mass is 32.2. The van der Waals surface area contributed by atoms with Gasteiger partial charge in [0.1, 0.15) is 4.90 Å². The summed E-state index contributed by atoms with van der Waals surface area (Å²) in [5.41, 5.74) is 0.114. The summed E-state index contributed by atoms with van der Waals surface area (Å²) in [4.78, 5) is 15.3.